The molecule has 0 radical (unpaired) electrons. The highest BCUT2D eigenvalue weighted by Crippen LogP contribution is 2.16. The first-order chi connectivity index (χ1) is 19.7. The van der Waals surface area contributed by atoms with Gasteiger partial charge in [-0.3, -0.25) is 19.7 Å². The summed E-state index contributed by atoms with van der Waals surface area (Å²) in [5.74, 6) is -1.34. The topological polar surface area (TPSA) is 152 Å². The molecule has 0 unspecified atom stereocenters. The number of esters is 1. The van der Waals surface area contributed by atoms with Crippen LogP contribution >= 0.6 is 0 Å². The first-order valence-electron chi connectivity index (χ1n) is 12.5. The molecular weight excluding hydrogens is 532 g/mol. The maximum atomic E-state index is 13.4. The SMILES string of the molecule is CC(=O)n1cc(C[C@H](NC(=O)OCc2ccccc2)C(=O)OCc2ccccc2)c(=O)n1-c1ccc([N+](=O)[O-])cc1. The second kappa shape index (κ2) is 13.0. The van der Waals surface area contributed by atoms with Gasteiger partial charge in [-0.15, -0.1) is 0 Å². The Hall–Kier alpha value is -5.52. The molecule has 1 aromatic heterocycles. The van der Waals surface area contributed by atoms with E-state index in [9.17, 15) is 29.3 Å². The number of benzene rings is 3. The summed E-state index contributed by atoms with van der Waals surface area (Å²) in [6, 6.07) is 21.6. The van der Waals surface area contributed by atoms with Gasteiger partial charge in [0.15, 0.2) is 0 Å². The Bertz CT molecular complexity index is 1600. The molecule has 0 aliphatic heterocycles. The van der Waals surface area contributed by atoms with Crippen molar-refractivity contribution in [2.24, 2.45) is 0 Å². The zero-order chi connectivity index (χ0) is 29.4. The van der Waals surface area contributed by atoms with Crippen LogP contribution in [-0.2, 0) is 33.9 Å². The Labute approximate surface area is 233 Å². The average Bonchev–Trinajstić information content (AvgIpc) is 3.31. The molecule has 12 nitrogen and oxygen atoms in total. The van der Waals surface area contributed by atoms with E-state index in [1.165, 1.54) is 37.4 Å². The number of aromatic nitrogens is 2. The second-order valence-electron chi connectivity index (χ2n) is 8.96. The molecule has 0 spiro atoms. The van der Waals surface area contributed by atoms with Crippen molar-refractivity contribution < 1.29 is 28.8 Å². The molecule has 0 aliphatic rings. The molecule has 4 aromatic rings. The van der Waals surface area contributed by atoms with Crippen LogP contribution in [0.2, 0.25) is 0 Å². The fourth-order valence-electron chi connectivity index (χ4n) is 3.97. The minimum Gasteiger partial charge on any atom is -0.459 e. The number of nitrogens with one attached hydrogen (secondary N) is 1. The number of alkyl carbamates (subject to hydrolysis) is 1. The number of ether oxygens (including phenoxy) is 2. The van der Waals surface area contributed by atoms with Gasteiger partial charge in [-0.2, -0.15) is 0 Å². The van der Waals surface area contributed by atoms with Gasteiger partial charge in [0.2, 0.25) is 5.91 Å². The third-order valence-electron chi connectivity index (χ3n) is 6.03. The first kappa shape index (κ1) is 28.5. The molecule has 0 aliphatic carbocycles. The van der Waals surface area contributed by atoms with Crippen molar-refractivity contribution in [1.29, 1.82) is 0 Å². The smallest absolute Gasteiger partial charge is 0.408 e. The zero-order valence-corrected chi connectivity index (χ0v) is 22.0. The van der Waals surface area contributed by atoms with Crippen molar-refractivity contribution in [3.05, 3.63) is 128 Å². The lowest BCUT2D eigenvalue weighted by Gasteiger charge is -2.17. The van der Waals surface area contributed by atoms with E-state index >= 15 is 0 Å². The largest absolute Gasteiger partial charge is 0.459 e. The Kier molecular flexibility index (Phi) is 9.05. The van der Waals surface area contributed by atoms with E-state index in [0.717, 1.165) is 20.5 Å². The molecular formula is C29H26N4O8. The Morgan fingerprint density at radius 2 is 1.44 bits per heavy atom. The highest BCUT2D eigenvalue weighted by Gasteiger charge is 2.27. The lowest BCUT2D eigenvalue weighted by molar-refractivity contribution is -0.384. The van der Waals surface area contributed by atoms with Crippen molar-refractivity contribution in [2.75, 3.05) is 0 Å². The molecule has 1 amide bonds. The van der Waals surface area contributed by atoms with Gasteiger partial charge in [0, 0.05) is 37.2 Å². The van der Waals surface area contributed by atoms with Crippen LogP contribution in [0.3, 0.4) is 0 Å². The summed E-state index contributed by atoms with van der Waals surface area (Å²) in [5.41, 5.74) is 0.811. The van der Waals surface area contributed by atoms with Crippen LogP contribution in [0.4, 0.5) is 10.5 Å². The Morgan fingerprint density at radius 3 is 1.98 bits per heavy atom. The van der Waals surface area contributed by atoms with Gasteiger partial charge in [0.25, 0.3) is 11.2 Å². The van der Waals surface area contributed by atoms with E-state index in [1.807, 2.05) is 12.1 Å². The molecule has 0 saturated carbocycles. The van der Waals surface area contributed by atoms with E-state index in [0.29, 0.717) is 0 Å². The first-order valence-corrected chi connectivity index (χ1v) is 12.5. The molecule has 1 atom stereocenters. The number of nitro benzene ring substituents is 1. The van der Waals surface area contributed by atoms with E-state index < -0.39 is 34.5 Å². The van der Waals surface area contributed by atoms with Crippen molar-refractivity contribution in [3.8, 4) is 5.69 Å². The maximum Gasteiger partial charge on any atom is 0.408 e. The second-order valence-corrected chi connectivity index (χ2v) is 8.96. The molecule has 41 heavy (non-hydrogen) atoms. The van der Waals surface area contributed by atoms with Crippen molar-refractivity contribution in [2.45, 2.75) is 32.6 Å². The van der Waals surface area contributed by atoms with Gasteiger partial charge in [0.1, 0.15) is 19.3 Å². The number of carbonyl (C=O) groups is 3. The van der Waals surface area contributed by atoms with Gasteiger partial charge < -0.3 is 14.8 Å². The van der Waals surface area contributed by atoms with Crippen LogP contribution in [0.1, 0.15) is 28.4 Å². The summed E-state index contributed by atoms with van der Waals surface area (Å²) in [7, 11) is 0. The van der Waals surface area contributed by atoms with Crippen LogP contribution in [0.25, 0.3) is 5.69 Å². The molecule has 210 valence electrons. The number of nitrogens with zero attached hydrogens (tertiary/aromatic N) is 3. The van der Waals surface area contributed by atoms with Crippen molar-refractivity contribution in [1.82, 2.24) is 14.7 Å². The summed E-state index contributed by atoms with van der Waals surface area (Å²) in [4.78, 5) is 61.9. The lowest BCUT2D eigenvalue weighted by Crippen LogP contribution is -2.44. The fraction of sp³-hybridized carbons (Fsp3) is 0.172. The number of nitro groups is 1. The number of non-ortho nitro benzene ring substituents is 1. The summed E-state index contributed by atoms with van der Waals surface area (Å²) >= 11 is 0. The number of hydrogen-bond acceptors (Lipinski definition) is 8. The molecule has 0 fully saturated rings. The predicted molar refractivity (Wildman–Crippen MR) is 146 cm³/mol. The van der Waals surface area contributed by atoms with E-state index in [4.69, 9.17) is 9.47 Å². The standard InChI is InChI=1S/C29H26N4O8/c1-20(34)31-17-23(27(35)32(31)24-12-14-25(15-13-24)33(38)39)16-26(28(36)40-18-21-8-4-2-5-9-21)30-29(37)41-19-22-10-6-3-7-11-22/h2-15,17,26H,16,18-19H2,1H3,(H,30,37)/t26-/m0/s1. The summed E-state index contributed by atoms with van der Waals surface area (Å²) in [5, 5.41) is 13.5. The van der Waals surface area contributed by atoms with Crippen LogP contribution in [0, 0.1) is 10.1 Å². The Morgan fingerprint density at radius 1 is 0.878 bits per heavy atom. The van der Waals surface area contributed by atoms with Crippen LogP contribution in [0.5, 0.6) is 0 Å². The molecule has 1 heterocycles. The van der Waals surface area contributed by atoms with Crippen molar-refractivity contribution >= 4 is 23.7 Å². The molecule has 3 aromatic carbocycles. The summed E-state index contributed by atoms with van der Waals surface area (Å²) in [6.45, 7) is 1.11. The lowest BCUT2D eigenvalue weighted by atomic mass is 10.1. The molecule has 0 bridgehead atoms. The normalized spacial score (nSPS) is 11.3. The van der Waals surface area contributed by atoms with Crippen LogP contribution in [0.15, 0.2) is 95.9 Å². The monoisotopic (exact) mass is 558 g/mol. The summed E-state index contributed by atoms with van der Waals surface area (Å²) in [6.07, 6.45) is 0.0259. The maximum absolute atomic E-state index is 13.4. The minimum atomic E-state index is -1.33. The third kappa shape index (κ3) is 7.32. The van der Waals surface area contributed by atoms with E-state index in [2.05, 4.69) is 5.32 Å². The number of rotatable bonds is 10. The third-order valence-corrected chi connectivity index (χ3v) is 6.03. The van der Waals surface area contributed by atoms with Gasteiger partial charge in [-0.05, 0) is 23.3 Å². The van der Waals surface area contributed by atoms with Gasteiger partial charge in [0.05, 0.1) is 10.6 Å². The van der Waals surface area contributed by atoms with Gasteiger partial charge in [-0.1, -0.05) is 60.7 Å². The van der Waals surface area contributed by atoms with Gasteiger partial charge >= 0.3 is 12.1 Å². The molecule has 1 N–H and O–H groups in total. The van der Waals surface area contributed by atoms with E-state index in [-0.39, 0.29) is 36.6 Å². The number of hydrogen-bond donors (Lipinski definition) is 1. The van der Waals surface area contributed by atoms with Crippen LogP contribution < -0.4 is 10.9 Å². The Balaban J connectivity index is 1.59. The fourth-order valence-corrected chi connectivity index (χ4v) is 3.97. The van der Waals surface area contributed by atoms with Crippen LogP contribution in [-0.4, -0.2) is 38.3 Å². The average molecular weight is 559 g/mol. The predicted octanol–water partition coefficient (Wildman–Crippen LogP) is 3.79. The highest BCUT2D eigenvalue weighted by atomic mass is 16.6. The molecule has 0 saturated heterocycles. The van der Waals surface area contributed by atoms with Gasteiger partial charge in [-0.25, -0.2) is 19.0 Å². The zero-order valence-electron chi connectivity index (χ0n) is 22.0. The molecule has 4 rings (SSSR count). The highest BCUT2D eigenvalue weighted by molar-refractivity contribution is 5.82. The van der Waals surface area contributed by atoms with Crippen molar-refractivity contribution in [3.63, 3.8) is 0 Å². The van der Waals surface area contributed by atoms with E-state index in [1.54, 1.807) is 48.5 Å². The number of carbonyl (C=O) groups excluding carboxylic acids is 3. The number of amides is 1. The molecule has 12 heteroatoms. The minimum absolute atomic E-state index is 0.0172. The quantitative estimate of drug-likeness (QED) is 0.175. The summed E-state index contributed by atoms with van der Waals surface area (Å²) < 4.78 is 12.7.